The predicted molar refractivity (Wildman–Crippen MR) is 121 cm³/mol. The van der Waals surface area contributed by atoms with E-state index in [2.05, 4.69) is 15.3 Å². The first-order valence-electron chi connectivity index (χ1n) is 9.85. The van der Waals surface area contributed by atoms with Gasteiger partial charge >= 0.3 is 6.03 Å². The Hall–Kier alpha value is -3.58. The molecule has 2 aromatic heterocycles. The zero-order chi connectivity index (χ0) is 21.5. The van der Waals surface area contributed by atoms with Crippen molar-refractivity contribution in [1.82, 2.24) is 14.9 Å². The highest BCUT2D eigenvalue weighted by molar-refractivity contribution is 7.99. The number of aromatic nitrogens is 2. The second kappa shape index (κ2) is 9.95. The number of nitrogens with one attached hydrogen (secondary N) is 1. The molecule has 0 aliphatic heterocycles. The maximum Gasteiger partial charge on any atom is 0.322 e. The second-order valence-electron chi connectivity index (χ2n) is 6.96. The number of anilines is 1. The molecule has 156 valence electrons. The summed E-state index contributed by atoms with van der Waals surface area (Å²) in [5.41, 5.74) is 2.78. The van der Waals surface area contributed by atoms with E-state index in [1.165, 1.54) is 11.8 Å². The van der Waals surface area contributed by atoms with E-state index in [0.717, 1.165) is 27.5 Å². The fraction of sp³-hybridized carbons (Fsp3) is 0.125. The maximum atomic E-state index is 13.1. The molecular weight excluding hydrogens is 408 g/mol. The molecule has 0 fully saturated rings. The van der Waals surface area contributed by atoms with Gasteiger partial charge in [-0.25, -0.2) is 14.8 Å². The Morgan fingerprint density at radius 1 is 1.00 bits per heavy atom. The third kappa shape index (κ3) is 5.73. The van der Waals surface area contributed by atoms with Crippen LogP contribution in [0.2, 0.25) is 0 Å². The predicted octanol–water partition coefficient (Wildman–Crippen LogP) is 5.76. The summed E-state index contributed by atoms with van der Waals surface area (Å²) in [6.45, 7) is 2.83. The maximum absolute atomic E-state index is 13.1. The van der Waals surface area contributed by atoms with Crippen molar-refractivity contribution in [3.05, 3.63) is 102 Å². The molecule has 6 nitrogen and oxygen atoms in total. The highest BCUT2D eigenvalue weighted by Crippen LogP contribution is 2.28. The molecule has 0 atom stereocenters. The molecule has 0 spiro atoms. The minimum Gasteiger partial charge on any atom is -0.467 e. The van der Waals surface area contributed by atoms with Gasteiger partial charge in [0.15, 0.2) is 5.16 Å². The zero-order valence-corrected chi connectivity index (χ0v) is 17.9. The molecule has 0 radical (unpaired) electrons. The molecule has 0 saturated heterocycles. The van der Waals surface area contributed by atoms with Crippen LogP contribution in [0.3, 0.4) is 0 Å². The van der Waals surface area contributed by atoms with Crippen LogP contribution in [0.5, 0.6) is 0 Å². The number of nitrogens with zero attached hydrogens (tertiary/aromatic N) is 3. The molecule has 2 aromatic carbocycles. The first-order chi connectivity index (χ1) is 15.2. The quantitative estimate of drug-likeness (QED) is 0.377. The smallest absolute Gasteiger partial charge is 0.322 e. The van der Waals surface area contributed by atoms with Gasteiger partial charge < -0.3 is 14.6 Å². The van der Waals surface area contributed by atoms with Gasteiger partial charge in [-0.3, -0.25) is 0 Å². The van der Waals surface area contributed by atoms with E-state index < -0.39 is 0 Å². The molecule has 4 rings (SSSR count). The van der Waals surface area contributed by atoms with Gasteiger partial charge in [-0.05, 0) is 66.2 Å². The molecule has 0 aliphatic carbocycles. The van der Waals surface area contributed by atoms with Gasteiger partial charge in [0.2, 0.25) is 0 Å². The van der Waals surface area contributed by atoms with Crippen molar-refractivity contribution in [2.45, 2.75) is 30.1 Å². The standard InChI is InChI=1S/C24H22N4O2S/c1-18-15-21(31-23-25-12-6-13-26-23)10-11-22(18)27-24(29)28(17-20-9-5-14-30-20)16-19-7-3-2-4-8-19/h2-15H,16-17H2,1H3,(H,27,29). The van der Waals surface area contributed by atoms with Crippen LogP contribution in [0.15, 0.2) is 99.9 Å². The lowest BCUT2D eigenvalue weighted by Gasteiger charge is -2.23. The van der Waals surface area contributed by atoms with E-state index in [-0.39, 0.29) is 6.03 Å². The molecule has 0 saturated carbocycles. The molecular formula is C24H22N4O2S. The van der Waals surface area contributed by atoms with Gasteiger partial charge in [0.1, 0.15) is 5.76 Å². The average Bonchev–Trinajstić information content (AvgIpc) is 3.30. The molecule has 7 heteroatoms. The number of aryl methyl sites for hydroxylation is 1. The number of benzene rings is 2. The molecule has 2 amide bonds. The van der Waals surface area contributed by atoms with Gasteiger partial charge in [0.25, 0.3) is 0 Å². The molecule has 0 aliphatic rings. The van der Waals surface area contributed by atoms with Crippen LogP contribution < -0.4 is 5.32 Å². The van der Waals surface area contributed by atoms with E-state index >= 15 is 0 Å². The van der Waals surface area contributed by atoms with Crippen LogP contribution in [0, 0.1) is 6.92 Å². The number of carbonyl (C=O) groups excluding carboxylic acids is 1. The summed E-state index contributed by atoms with van der Waals surface area (Å²) < 4.78 is 5.46. The van der Waals surface area contributed by atoms with E-state index in [0.29, 0.717) is 18.2 Å². The Kier molecular flexibility index (Phi) is 6.64. The Balaban J connectivity index is 1.48. The fourth-order valence-electron chi connectivity index (χ4n) is 3.07. The average molecular weight is 431 g/mol. The van der Waals surface area contributed by atoms with Gasteiger partial charge in [0.05, 0.1) is 12.8 Å². The van der Waals surface area contributed by atoms with Crippen molar-refractivity contribution in [3.63, 3.8) is 0 Å². The number of hydrogen-bond acceptors (Lipinski definition) is 5. The Morgan fingerprint density at radius 2 is 1.81 bits per heavy atom. The lowest BCUT2D eigenvalue weighted by atomic mass is 10.2. The van der Waals surface area contributed by atoms with Gasteiger partial charge in [-0.2, -0.15) is 0 Å². The van der Waals surface area contributed by atoms with Crippen LogP contribution in [0.25, 0.3) is 0 Å². The number of amides is 2. The summed E-state index contributed by atoms with van der Waals surface area (Å²) >= 11 is 1.48. The van der Waals surface area contributed by atoms with Crippen molar-refractivity contribution < 1.29 is 9.21 Å². The van der Waals surface area contributed by atoms with Crippen molar-refractivity contribution in [2.75, 3.05) is 5.32 Å². The van der Waals surface area contributed by atoms with E-state index in [9.17, 15) is 4.79 Å². The lowest BCUT2D eigenvalue weighted by molar-refractivity contribution is 0.201. The van der Waals surface area contributed by atoms with Crippen molar-refractivity contribution >= 4 is 23.5 Å². The summed E-state index contributed by atoms with van der Waals surface area (Å²) in [5, 5.41) is 3.73. The Labute approximate surface area is 185 Å². The van der Waals surface area contributed by atoms with E-state index in [4.69, 9.17) is 4.42 Å². The van der Waals surface area contributed by atoms with Crippen LogP contribution in [0.1, 0.15) is 16.9 Å². The minimum atomic E-state index is -0.185. The highest BCUT2D eigenvalue weighted by Gasteiger charge is 2.17. The molecule has 31 heavy (non-hydrogen) atoms. The Morgan fingerprint density at radius 3 is 2.52 bits per heavy atom. The number of hydrogen-bond donors (Lipinski definition) is 1. The highest BCUT2D eigenvalue weighted by atomic mass is 32.2. The van der Waals surface area contributed by atoms with E-state index in [1.54, 1.807) is 29.6 Å². The molecule has 2 heterocycles. The van der Waals surface area contributed by atoms with Gasteiger partial charge in [-0.15, -0.1) is 0 Å². The third-order valence-corrected chi connectivity index (χ3v) is 5.50. The number of urea groups is 1. The van der Waals surface area contributed by atoms with Crippen LogP contribution in [-0.4, -0.2) is 20.9 Å². The number of furan rings is 1. The summed E-state index contributed by atoms with van der Waals surface area (Å²) in [6, 6.07) is 21.1. The topological polar surface area (TPSA) is 71.3 Å². The van der Waals surface area contributed by atoms with E-state index in [1.807, 2.05) is 67.6 Å². The summed E-state index contributed by atoms with van der Waals surface area (Å²) in [7, 11) is 0. The fourth-order valence-corrected chi connectivity index (χ4v) is 3.88. The molecule has 0 unspecified atom stereocenters. The van der Waals surface area contributed by atoms with Crippen molar-refractivity contribution in [1.29, 1.82) is 0 Å². The molecule has 0 bridgehead atoms. The summed E-state index contributed by atoms with van der Waals surface area (Å²) in [4.78, 5) is 24.3. The first-order valence-corrected chi connectivity index (χ1v) is 10.7. The normalized spacial score (nSPS) is 10.6. The lowest BCUT2D eigenvalue weighted by Crippen LogP contribution is -2.34. The van der Waals surface area contributed by atoms with Gasteiger partial charge in [0, 0.05) is 29.5 Å². The van der Waals surface area contributed by atoms with Crippen molar-refractivity contribution in [3.8, 4) is 0 Å². The molecule has 1 N–H and O–H groups in total. The monoisotopic (exact) mass is 430 g/mol. The first kappa shape index (κ1) is 20.7. The second-order valence-corrected chi connectivity index (χ2v) is 8.00. The van der Waals surface area contributed by atoms with Gasteiger partial charge in [-0.1, -0.05) is 30.3 Å². The number of rotatable bonds is 7. The summed E-state index contributed by atoms with van der Waals surface area (Å²) in [6.07, 6.45) is 5.05. The third-order valence-electron chi connectivity index (χ3n) is 4.62. The van der Waals surface area contributed by atoms with Crippen LogP contribution in [0.4, 0.5) is 10.5 Å². The Bertz CT molecular complexity index is 1120. The summed E-state index contributed by atoms with van der Waals surface area (Å²) in [5.74, 6) is 0.734. The minimum absolute atomic E-state index is 0.185. The largest absolute Gasteiger partial charge is 0.467 e. The zero-order valence-electron chi connectivity index (χ0n) is 17.1. The number of carbonyl (C=O) groups is 1. The van der Waals surface area contributed by atoms with Crippen molar-refractivity contribution in [2.24, 2.45) is 0 Å². The van der Waals surface area contributed by atoms with Crippen LogP contribution >= 0.6 is 11.8 Å². The SMILES string of the molecule is Cc1cc(Sc2ncccn2)ccc1NC(=O)N(Cc1ccccc1)Cc1ccco1. The molecule has 4 aromatic rings. The van der Waals surface area contributed by atoms with Crippen LogP contribution in [-0.2, 0) is 13.1 Å².